The van der Waals surface area contributed by atoms with Crippen molar-refractivity contribution < 1.29 is 28.4 Å². The first-order valence-electron chi connectivity index (χ1n) is 11.8. The summed E-state index contributed by atoms with van der Waals surface area (Å²) in [4.78, 5) is 34.9. The van der Waals surface area contributed by atoms with Gasteiger partial charge in [-0.25, -0.2) is 14.8 Å². The third-order valence-electron chi connectivity index (χ3n) is 6.32. The number of likely N-dealkylation sites (tertiary alicyclic amines) is 1. The highest BCUT2D eigenvalue weighted by atomic mass is 16.7. The van der Waals surface area contributed by atoms with Gasteiger partial charge in [-0.05, 0) is 61.8 Å². The van der Waals surface area contributed by atoms with Crippen LogP contribution >= 0.6 is 0 Å². The zero-order valence-electron chi connectivity index (χ0n) is 21.5. The van der Waals surface area contributed by atoms with Crippen molar-refractivity contribution in [2.45, 2.75) is 84.7 Å². The lowest BCUT2D eigenvalue weighted by molar-refractivity contribution is -0.132. The van der Waals surface area contributed by atoms with Crippen LogP contribution in [0.4, 0.5) is 4.79 Å². The van der Waals surface area contributed by atoms with Crippen molar-refractivity contribution in [2.24, 2.45) is 5.92 Å². The molecule has 2 aliphatic rings. The van der Waals surface area contributed by atoms with Crippen molar-refractivity contribution in [3.05, 3.63) is 12.4 Å². The molecule has 0 aliphatic carbocycles. The molecular weight excluding hydrogens is 439 g/mol. The van der Waals surface area contributed by atoms with Gasteiger partial charge in [-0.1, -0.05) is 0 Å². The molecule has 3 rings (SSSR count). The van der Waals surface area contributed by atoms with Gasteiger partial charge in [-0.15, -0.1) is 0 Å². The molecule has 3 heterocycles. The number of nitrogens with zero attached hydrogens (tertiary/aromatic N) is 3. The summed E-state index contributed by atoms with van der Waals surface area (Å²) in [7, 11) is -0.523. The van der Waals surface area contributed by atoms with Crippen molar-refractivity contribution in [1.82, 2.24) is 20.2 Å². The van der Waals surface area contributed by atoms with Gasteiger partial charge >= 0.3 is 19.2 Å². The fourth-order valence-corrected chi connectivity index (χ4v) is 3.68. The van der Waals surface area contributed by atoms with Gasteiger partial charge in [0.25, 0.3) is 0 Å². The number of carbonyl (C=O) groups excluding carboxylic acids is 2. The van der Waals surface area contributed by atoms with E-state index in [9.17, 15) is 9.59 Å². The number of amides is 2. The highest BCUT2D eigenvalue weighted by molar-refractivity contribution is 6.61. The van der Waals surface area contributed by atoms with Crippen LogP contribution in [0.5, 0.6) is 6.01 Å². The second kappa shape index (κ2) is 9.69. The summed E-state index contributed by atoms with van der Waals surface area (Å²) in [6.45, 7) is 16.5. The molecule has 2 aliphatic heterocycles. The van der Waals surface area contributed by atoms with Crippen LogP contribution < -0.4 is 15.5 Å². The van der Waals surface area contributed by atoms with E-state index in [2.05, 4.69) is 15.3 Å². The zero-order valence-corrected chi connectivity index (χ0v) is 21.5. The van der Waals surface area contributed by atoms with Crippen molar-refractivity contribution >= 4 is 24.6 Å². The lowest BCUT2D eigenvalue weighted by Gasteiger charge is -2.32. The Kier molecular flexibility index (Phi) is 7.47. The molecule has 2 saturated heterocycles. The normalized spacial score (nSPS) is 22.4. The molecule has 0 unspecified atom stereocenters. The van der Waals surface area contributed by atoms with Crippen LogP contribution in [0, 0.1) is 5.92 Å². The van der Waals surface area contributed by atoms with Crippen molar-refractivity contribution in [3.8, 4) is 6.01 Å². The third kappa shape index (κ3) is 6.38. The summed E-state index contributed by atoms with van der Waals surface area (Å²) >= 11 is 0. The molecule has 0 saturated carbocycles. The van der Waals surface area contributed by atoms with Gasteiger partial charge in [0.05, 0.1) is 17.8 Å². The summed E-state index contributed by atoms with van der Waals surface area (Å²) < 4.78 is 23.0. The second-order valence-corrected chi connectivity index (χ2v) is 11.0. The summed E-state index contributed by atoms with van der Waals surface area (Å²) in [5, 5.41) is 2.60. The molecule has 1 aromatic heterocycles. The summed E-state index contributed by atoms with van der Waals surface area (Å²) in [6, 6.07) is -0.398. The van der Waals surface area contributed by atoms with Crippen LogP contribution in [0.15, 0.2) is 12.4 Å². The molecule has 34 heavy (non-hydrogen) atoms. The zero-order chi connectivity index (χ0) is 25.3. The van der Waals surface area contributed by atoms with Gasteiger partial charge < -0.3 is 29.0 Å². The molecule has 2 fully saturated rings. The van der Waals surface area contributed by atoms with E-state index in [0.29, 0.717) is 19.7 Å². The Hall–Kier alpha value is -2.40. The topological polar surface area (TPSA) is 112 Å². The quantitative estimate of drug-likeness (QED) is 0.620. The van der Waals surface area contributed by atoms with E-state index >= 15 is 0 Å². The lowest BCUT2D eigenvalue weighted by atomic mass is 9.81. The van der Waals surface area contributed by atoms with Gasteiger partial charge in [0.2, 0.25) is 5.91 Å². The molecular formula is C23H37BN4O6. The van der Waals surface area contributed by atoms with E-state index in [0.717, 1.165) is 11.9 Å². The maximum absolute atomic E-state index is 12.7. The Morgan fingerprint density at radius 1 is 1.21 bits per heavy atom. The summed E-state index contributed by atoms with van der Waals surface area (Å²) in [6.07, 6.45) is 3.50. The second-order valence-electron chi connectivity index (χ2n) is 11.0. The average molecular weight is 476 g/mol. The highest BCUT2D eigenvalue weighted by Gasteiger charge is 2.52. The van der Waals surface area contributed by atoms with Crippen LogP contribution in [-0.4, -0.2) is 76.5 Å². The van der Waals surface area contributed by atoms with Crippen LogP contribution in [0.25, 0.3) is 0 Å². The van der Waals surface area contributed by atoms with Gasteiger partial charge in [0.1, 0.15) is 11.6 Å². The number of alkyl carbamates (subject to hydrolysis) is 1. The van der Waals surface area contributed by atoms with Crippen LogP contribution in [-0.2, 0) is 18.8 Å². The molecule has 0 bridgehead atoms. The minimum absolute atomic E-state index is 0.142. The predicted molar refractivity (Wildman–Crippen MR) is 127 cm³/mol. The number of carbonyl (C=O) groups is 2. The standard InChI is InChI=1S/C23H37BN4O6/c1-15(27-20(30)32-21(2,3)4)18(29)28-10-9-16(13-28)14-31-19-25-11-17(12-26-19)24-33-22(5,6)23(7,8)34-24/h11-12,15-16H,9-10,13-14H2,1-8H3,(H,27,30)/t15-,16+/m1/s1. The minimum Gasteiger partial charge on any atom is -0.463 e. The van der Waals surface area contributed by atoms with Crippen molar-refractivity contribution in [3.63, 3.8) is 0 Å². The minimum atomic E-state index is -0.666. The molecule has 0 spiro atoms. The molecule has 2 atom stereocenters. The first kappa shape index (κ1) is 26.2. The van der Waals surface area contributed by atoms with Gasteiger partial charge in [-0.2, -0.15) is 0 Å². The first-order valence-corrected chi connectivity index (χ1v) is 11.8. The monoisotopic (exact) mass is 476 g/mol. The smallest absolute Gasteiger partial charge is 0.463 e. The molecule has 2 amide bonds. The largest absolute Gasteiger partial charge is 0.498 e. The number of ether oxygens (including phenoxy) is 2. The highest BCUT2D eigenvalue weighted by Crippen LogP contribution is 2.36. The van der Waals surface area contributed by atoms with E-state index < -0.39 is 36.1 Å². The summed E-state index contributed by atoms with van der Waals surface area (Å²) in [5.74, 6) is 0.0143. The summed E-state index contributed by atoms with van der Waals surface area (Å²) in [5.41, 5.74) is -0.750. The number of nitrogens with one attached hydrogen (secondary N) is 1. The molecule has 188 valence electrons. The molecule has 1 N–H and O–H groups in total. The Bertz CT molecular complexity index is 870. The van der Waals surface area contributed by atoms with E-state index in [1.165, 1.54) is 0 Å². The molecule has 1 aromatic rings. The van der Waals surface area contributed by atoms with Gasteiger partial charge in [-0.3, -0.25) is 4.79 Å². The first-order chi connectivity index (χ1) is 15.7. The Morgan fingerprint density at radius 3 is 2.35 bits per heavy atom. The lowest BCUT2D eigenvalue weighted by Crippen LogP contribution is -2.47. The van der Waals surface area contributed by atoms with E-state index in [-0.39, 0.29) is 17.8 Å². The Labute approximate surface area is 202 Å². The van der Waals surface area contributed by atoms with Crippen molar-refractivity contribution in [1.29, 1.82) is 0 Å². The Morgan fingerprint density at radius 2 is 1.79 bits per heavy atom. The molecule has 0 radical (unpaired) electrons. The number of hydrogen-bond acceptors (Lipinski definition) is 8. The predicted octanol–water partition coefficient (Wildman–Crippen LogP) is 1.92. The fraction of sp³-hybridized carbons (Fsp3) is 0.739. The Balaban J connectivity index is 1.45. The SMILES string of the molecule is C[C@@H](NC(=O)OC(C)(C)C)C(=O)N1CC[C@H](COc2ncc(B3OC(C)(C)C(C)(C)O3)cn2)C1. The van der Waals surface area contributed by atoms with Crippen LogP contribution in [0.2, 0.25) is 0 Å². The average Bonchev–Trinajstić information content (AvgIpc) is 3.26. The fourth-order valence-electron chi connectivity index (χ4n) is 3.68. The van der Waals surface area contributed by atoms with Gasteiger partial charge in [0.15, 0.2) is 0 Å². The van der Waals surface area contributed by atoms with E-state index in [1.54, 1.807) is 45.0 Å². The van der Waals surface area contributed by atoms with Crippen LogP contribution in [0.1, 0.15) is 61.8 Å². The maximum Gasteiger partial charge on any atom is 0.498 e. The third-order valence-corrected chi connectivity index (χ3v) is 6.32. The van der Waals surface area contributed by atoms with Crippen molar-refractivity contribution in [2.75, 3.05) is 19.7 Å². The number of hydrogen-bond donors (Lipinski definition) is 1. The van der Waals surface area contributed by atoms with Gasteiger partial charge in [0, 0.05) is 36.9 Å². The van der Waals surface area contributed by atoms with E-state index in [4.69, 9.17) is 18.8 Å². The molecule has 0 aromatic carbocycles. The number of aromatic nitrogens is 2. The number of rotatable bonds is 6. The maximum atomic E-state index is 12.7. The van der Waals surface area contributed by atoms with Crippen LogP contribution in [0.3, 0.4) is 0 Å². The molecule has 10 nitrogen and oxygen atoms in total. The molecule has 11 heteroatoms. The van der Waals surface area contributed by atoms with E-state index in [1.807, 2.05) is 27.7 Å².